The molecule has 0 fully saturated rings. The average Bonchev–Trinajstić information content (AvgIpc) is 3.34. The Morgan fingerprint density at radius 2 is 1.51 bits per heavy atom. The number of nitrogens with two attached hydrogens (primary N) is 1. The van der Waals surface area contributed by atoms with Crippen LogP contribution in [0.1, 0.15) is 30.9 Å². The van der Waals surface area contributed by atoms with Crippen molar-refractivity contribution in [3.05, 3.63) is 65.9 Å². The van der Waals surface area contributed by atoms with Crippen LogP contribution in [0, 0.1) is 0 Å². The van der Waals surface area contributed by atoms with E-state index in [1.54, 1.807) is 24.4 Å². The topological polar surface area (TPSA) is 224 Å². The number of hydrogen-bond donors (Lipinski definition) is 8. The second kappa shape index (κ2) is 13.9. The molecule has 2 aromatic carbocycles. The van der Waals surface area contributed by atoms with E-state index in [-0.39, 0.29) is 25.0 Å². The van der Waals surface area contributed by atoms with Crippen LogP contribution in [0.5, 0.6) is 5.75 Å². The van der Waals surface area contributed by atoms with Gasteiger partial charge >= 0.3 is 11.9 Å². The highest BCUT2D eigenvalue weighted by Crippen LogP contribution is 2.19. The minimum Gasteiger partial charge on any atom is -0.508 e. The molecule has 4 unspecified atom stereocenters. The molecule has 1 aromatic heterocycles. The van der Waals surface area contributed by atoms with E-state index >= 15 is 0 Å². The van der Waals surface area contributed by atoms with Gasteiger partial charge in [0.1, 0.15) is 23.9 Å². The maximum Gasteiger partial charge on any atom is 0.326 e. The molecule has 1 heterocycles. The number of aliphatic carboxylic acids is 2. The number of fused-ring (bicyclic) bond motifs is 1. The van der Waals surface area contributed by atoms with Crippen LogP contribution in [0.15, 0.2) is 54.7 Å². The molecule has 0 saturated heterocycles. The molecule has 41 heavy (non-hydrogen) atoms. The zero-order valence-electron chi connectivity index (χ0n) is 22.3. The van der Waals surface area contributed by atoms with Gasteiger partial charge in [0.2, 0.25) is 17.7 Å². The molecule has 13 nitrogen and oxygen atoms in total. The number of H-pyrrole nitrogens is 1. The summed E-state index contributed by atoms with van der Waals surface area (Å²) in [6.45, 7) is 1.36. The lowest BCUT2D eigenvalue weighted by molar-refractivity contribution is -0.143. The lowest BCUT2D eigenvalue weighted by atomic mass is 10.0. The van der Waals surface area contributed by atoms with Crippen LogP contribution < -0.4 is 21.7 Å². The maximum atomic E-state index is 13.1. The average molecular weight is 568 g/mol. The van der Waals surface area contributed by atoms with Gasteiger partial charge in [-0.1, -0.05) is 30.3 Å². The Labute approximate surface area is 235 Å². The number of carbonyl (C=O) groups is 5. The summed E-state index contributed by atoms with van der Waals surface area (Å²) in [6, 6.07) is 8.47. The number of carbonyl (C=O) groups excluding carboxylic acids is 3. The number of nitrogens with one attached hydrogen (secondary N) is 4. The number of amides is 3. The lowest BCUT2D eigenvalue weighted by Crippen LogP contribution is -2.56. The number of para-hydroxylation sites is 1. The van der Waals surface area contributed by atoms with Crippen LogP contribution in [0.3, 0.4) is 0 Å². The summed E-state index contributed by atoms with van der Waals surface area (Å²) in [7, 11) is 0. The SMILES string of the molecule is CC(NC(=O)C(N)Cc1ccc(O)cc1)C(=O)NC(CCC(=O)O)C(=O)NC(Cc1c[nH]c2ccccc12)C(=O)O. The molecule has 13 heteroatoms. The summed E-state index contributed by atoms with van der Waals surface area (Å²) in [5.74, 6) is -4.77. The van der Waals surface area contributed by atoms with E-state index in [0.29, 0.717) is 11.1 Å². The van der Waals surface area contributed by atoms with Crippen LogP contribution in [0.2, 0.25) is 0 Å². The molecule has 3 amide bonds. The molecule has 0 saturated carbocycles. The molecule has 3 rings (SSSR count). The predicted octanol–water partition coefficient (Wildman–Crippen LogP) is 0.410. The number of aromatic nitrogens is 1. The number of rotatable bonds is 14. The van der Waals surface area contributed by atoms with Crippen LogP contribution in [-0.4, -0.2) is 74.1 Å². The van der Waals surface area contributed by atoms with Crippen LogP contribution in [0.25, 0.3) is 10.9 Å². The van der Waals surface area contributed by atoms with Crippen LogP contribution >= 0.6 is 0 Å². The molecule has 0 radical (unpaired) electrons. The predicted molar refractivity (Wildman–Crippen MR) is 148 cm³/mol. The minimum atomic E-state index is -1.38. The number of aromatic amines is 1. The van der Waals surface area contributed by atoms with Gasteiger partial charge < -0.3 is 42.0 Å². The van der Waals surface area contributed by atoms with Gasteiger partial charge in [-0.2, -0.15) is 0 Å². The van der Waals surface area contributed by atoms with Crippen molar-refractivity contribution in [1.82, 2.24) is 20.9 Å². The second-order valence-electron chi connectivity index (χ2n) is 9.66. The number of hydrogen-bond acceptors (Lipinski definition) is 7. The zero-order chi connectivity index (χ0) is 30.1. The van der Waals surface area contributed by atoms with Gasteiger partial charge in [0.15, 0.2) is 0 Å². The first-order valence-corrected chi connectivity index (χ1v) is 12.9. The normalized spacial score (nSPS) is 13.9. The van der Waals surface area contributed by atoms with Crippen molar-refractivity contribution in [3.63, 3.8) is 0 Å². The first-order chi connectivity index (χ1) is 19.4. The highest BCUT2D eigenvalue weighted by Gasteiger charge is 2.30. The Morgan fingerprint density at radius 3 is 2.17 bits per heavy atom. The highest BCUT2D eigenvalue weighted by molar-refractivity contribution is 5.94. The number of phenolic OH excluding ortho intramolecular Hbond substituents is 1. The minimum absolute atomic E-state index is 0.0595. The first-order valence-electron chi connectivity index (χ1n) is 12.9. The summed E-state index contributed by atoms with van der Waals surface area (Å²) < 4.78 is 0. The summed E-state index contributed by atoms with van der Waals surface area (Å²) in [5, 5.41) is 36.3. The third-order valence-corrected chi connectivity index (χ3v) is 6.47. The summed E-state index contributed by atoms with van der Waals surface area (Å²) in [6.07, 6.45) is 0.935. The van der Waals surface area contributed by atoms with Gasteiger partial charge in [-0.25, -0.2) is 4.79 Å². The number of carboxylic acid groups (broad SMARTS) is 2. The Hall–Kier alpha value is -4.91. The van der Waals surface area contributed by atoms with Crippen molar-refractivity contribution in [2.24, 2.45) is 5.73 Å². The van der Waals surface area contributed by atoms with E-state index in [4.69, 9.17) is 10.8 Å². The molecule has 0 aliphatic carbocycles. The largest absolute Gasteiger partial charge is 0.508 e. The van der Waals surface area contributed by atoms with E-state index in [9.17, 15) is 34.2 Å². The fraction of sp³-hybridized carbons (Fsp3) is 0.321. The van der Waals surface area contributed by atoms with Crippen molar-refractivity contribution >= 4 is 40.6 Å². The standard InChI is InChI=1S/C28H33N5O8/c1-15(31-26(38)20(29)12-16-6-8-18(34)9-7-16)25(37)32-22(10-11-24(35)36)27(39)33-23(28(40)41)13-17-14-30-21-5-3-2-4-19(17)21/h2-9,14-15,20,22-23,30,34H,10-13,29H2,1H3,(H,31,38)(H,32,37)(H,33,39)(H,35,36)(H,40,41). The smallest absolute Gasteiger partial charge is 0.326 e. The van der Waals surface area contributed by atoms with Gasteiger partial charge in [-0.15, -0.1) is 0 Å². The molecule has 218 valence electrons. The third-order valence-electron chi connectivity index (χ3n) is 6.47. The van der Waals surface area contributed by atoms with Crippen molar-refractivity contribution < 1.29 is 39.3 Å². The van der Waals surface area contributed by atoms with E-state index in [1.165, 1.54) is 19.1 Å². The Morgan fingerprint density at radius 1 is 0.854 bits per heavy atom. The monoisotopic (exact) mass is 567 g/mol. The summed E-state index contributed by atoms with van der Waals surface area (Å²) in [4.78, 5) is 64.6. The van der Waals surface area contributed by atoms with Crippen molar-refractivity contribution in [1.29, 1.82) is 0 Å². The van der Waals surface area contributed by atoms with Gasteiger partial charge in [-0.05, 0) is 49.1 Å². The summed E-state index contributed by atoms with van der Waals surface area (Å²) >= 11 is 0. The molecule has 3 aromatic rings. The Kier molecular flexibility index (Phi) is 10.4. The van der Waals surface area contributed by atoms with E-state index < -0.39 is 60.2 Å². The second-order valence-corrected chi connectivity index (χ2v) is 9.66. The molecular weight excluding hydrogens is 534 g/mol. The lowest BCUT2D eigenvalue weighted by Gasteiger charge is -2.23. The third kappa shape index (κ3) is 8.80. The van der Waals surface area contributed by atoms with Crippen LogP contribution in [0.4, 0.5) is 0 Å². The summed E-state index contributed by atoms with van der Waals surface area (Å²) in [5.41, 5.74) is 8.08. The van der Waals surface area contributed by atoms with Crippen molar-refractivity contribution in [3.8, 4) is 5.75 Å². The van der Waals surface area contributed by atoms with Gasteiger partial charge in [-0.3, -0.25) is 19.2 Å². The maximum absolute atomic E-state index is 13.1. The molecule has 0 bridgehead atoms. The molecule has 0 spiro atoms. The van der Waals surface area contributed by atoms with Crippen LogP contribution in [-0.2, 0) is 36.8 Å². The molecular formula is C28H33N5O8. The number of carboxylic acids is 2. The van der Waals surface area contributed by atoms with E-state index in [1.807, 2.05) is 18.2 Å². The molecule has 0 aliphatic rings. The van der Waals surface area contributed by atoms with Gasteiger partial charge in [0.05, 0.1) is 6.04 Å². The Bertz CT molecular complexity index is 1400. The quantitative estimate of drug-likeness (QED) is 0.135. The molecule has 4 atom stereocenters. The van der Waals surface area contributed by atoms with Crippen molar-refractivity contribution in [2.45, 2.75) is 56.8 Å². The fourth-order valence-corrected chi connectivity index (χ4v) is 4.19. The zero-order valence-corrected chi connectivity index (χ0v) is 22.3. The molecule has 0 aliphatic heterocycles. The molecule has 9 N–H and O–H groups in total. The number of aromatic hydroxyl groups is 1. The Balaban J connectivity index is 1.63. The number of benzene rings is 2. The van der Waals surface area contributed by atoms with E-state index in [0.717, 1.165) is 10.9 Å². The van der Waals surface area contributed by atoms with E-state index in [2.05, 4.69) is 20.9 Å². The van der Waals surface area contributed by atoms with Gasteiger partial charge in [0.25, 0.3) is 0 Å². The van der Waals surface area contributed by atoms with Gasteiger partial charge in [0, 0.05) is 29.9 Å². The first kappa shape index (κ1) is 30.6. The number of phenols is 1. The highest BCUT2D eigenvalue weighted by atomic mass is 16.4. The fourth-order valence-electron chi connectivity index (χ4n) is 4.19. The van der Waals surface area contributed by atoms with Crippen molar-refractivity contribution in [2.75, 3.05) is 0 Å².